The summed E-state index contributed by atoms with van der Waals surface area (Å²) in [7, 11) is 0. The van der Waals surface area contributed by atoms with Crippen molar-refractivity contribution >= 4 is 22.9 Å². The van der Waals surface area contributed by atoms with Crippen molar-refractivity contribution in [3.05, 3.63) is 51.7 Å². The molecule has 1 fully saturated rings. The Labute approximate surface area is 116 Å². The minimum Gasteiger partial charge on any atom is -0.398 e. The van der Waals surface area contributed by atoms with E-state index in [1.165, 1.54) is 16.9 Å². The van der Waals surface area contributed by atoms with Crippen molar-refractivity contribution in [1.82, 2.24) is 5.32 Å². The maximum absolute atomic E-state index is 12.1. The van der Waals surface area contributed by atoms with E-state index in [1.807, 2.05) is 25.1 Å². The van der Waals surface area contributed by atoms with E-state index in [-0.39, 0.29) is 11.9 Å². The van der Waals surface area contributed by atoms with Crippen molar-refractivity contribution in [2.24, 2.45) is 0 Å². The third-order valence-corrected chi connectivity index (χ3v) is 4.58. The van der Waals surface area contributed by atoms with Crippen LogP contribution in [0.2, 0.25) is 0 Å². The molecule has 3 rings (SSSR count). The van der Waals surface area contributed by atoms with E-state index in [2.05, 4.69) is 17.4 Å². The zero-order valence-corrected chi connectivity index (χ0v) is 11.5. The highest BCUT2D eigenvalue weighted by Crippen LogP contribution is 2.40. The van der Waals surface area contributed by atoms with Gasteiger partial charge in [-0.25, -0.2) is 0 Å². The average molecular weight is 272 g/mol. The van der Waals surface area contributed by atoms with Crippen LogP contribution in [-0.2, 0) is 0 Å². The minimum atomic E-state index is -0.00627. The summed E-state index contributed by atoms with van der Waals surface area (Å²) in [5.74, 6) is 0.455. The van der Waals surface area contributed by atoms with Crippen LogP contribution in [0.15, 0.2) is 36.4 Å². The number of nitrogens with one attached hydrogen (secondary N) is 1. The number of benzene rings is 1. The number of nitrogens with two attached hydrogens (primary N) is 1. The van der Waals surface area contributed by atoms with E-state index >= 15 is 0 Å². The SMILES string of the molecule is Cc1sc(C(=O)NC2CC2c2ccccc2)cc1N. The molecule has 1 heterocycles. The van der Waals surface area contributed by atoms with Crippen molar-refractivity contribution in [1.29, 1.82) is 0 Å². The van der Waals surface area contributed by atoms with Crippen molar-refractivity contribution in [3.8, 4) is 0 Å². The summed E-state index contributed by atoms with van der Waals surface area (Å²) in [6, 6.07) is 12.3. The molecule has 1 aromatic heterocycles. The maximum atomic E-state index is 12.1. The summed E-state index contributed by atoms with van der Waals surface area (Å²) in [5.41, 5.74) is 7.77. The zero-order valence-electron chi connectivity index (χ0n) is 10.7. The molecular formula is C15H16N2OS. The first-order chi connectivity index (χ1) is 9.15. The molecule has 1 saturated carbocycles. The highest BCUT2D eigenvalue weighted by molar-refractivity contribution is 7.14. The highest BCUT2D eigenvalue weighted by Gasteiger charge is 2.39. The van der Waals surface area contributed by atoms with Crippen LogP contribution in [-0.4, -0.2) is 11.9 Å². The largest absolute Gasteiger partial charge is 0.398 e. The molecule has 4 heteroatoms. The number of thiophene rings is 1. The molecule has 0 saturated heterocycles. The van der Waals surface area contributed by atoms with Crippen LogP contribution in [0.3, 0.4) is 0 Å². The molecule has 2 unspecified atom stereocenters. The lowest BCUT2D eigenvalue weighted by Crippen LogP contribution is -2.25. The van der Waals surface area contributed by atoms with Crippen molar-refractivity contribution < 1.29 is 4.79 Å². The molecular weight excluding hydrogens is 256 g/mol. The molecule has 19 heavy (non-hydrogen) atoms. The Morgan fingerprint density at radius 2 is 2.11 bits per heavy atom. The van der Waals surface area contributed by atoms with Crippen molar-refractivity contribution in [3.63, 3.8) is 0 Å². The molecule has 2 aromatic rings. The lowest BCUT2D eigenvalue weighted by atomic mass is 10.1. The molecule has 0 spiro atoms. The number of hydrogen-bond acceptors (Lipinski definition) is 3. The average Bonchev–Trinajstić information content (AvgIpc) is 3.09. The lowest BCUT2D eigenvalue weighted by molar-refractivity contribution is 0.0954. The Morgan fingerprint density at radius 3 is 2.74 bits per heavy atom. The van der Waals surface area contributed by atoms with Crippen molar-refractivity contribution in [2.75, 3.05) is 5.73 Å². The van der Waals surface area contributed by atoms with E-state index in [0.29, 0.717) is 16.5 Å². The maximum Gasteiger partial charge on any atom is 0.261 e. The predicted octanol–water partition coefficient (Wildman–Crippen LogP) is 2.92. The molecule has 0 aliphatic heterocycles. The molecule has 3 N–H and O–H groups in total. The summed E-state index contributed by atoms with van der Waals surface area (Å²) >= 11 is 1.45. The summed E-state index contributed by atoms with van der Waals surface area (Å²) in [6.07, 6.45) is 1.02. The fraction of sp³-hybridized carbons (Fsp3) is 0.267. The van der Waals surface area contributed by atoms with Gasteiger partial charge in [0.25, 0.3) is 5.91 Å². The number of aryl methyl sites for hydroxylation is 1. The predicted molar refractivity (Wildman–Crippen MR) is 78.5 cm³/mol. The zero-order chi connectivity index (χ0) is 13.4. The van der Waals surface area contributed by atoms with Gasteiger partial charge in [-0.15, -0.1) is 11.3 Å². The van der Waals surface area contributed by atoms with E-state index in [0.717, 1.165) is 11.3 Å². The van der Waals surface area contributed by atoms with Crippen LogP contribution in [0.25, 0.3) is 0 Å². The van der Waals surface area contributed by atoms with E-state index in [9.17, 15) is 4.79 Å². The second-order valence-electron chi connectivity index (χ2n) is 4.96. The fourth-order valence-corrected chi connectivity index (χ4v) is 3.11. The van der Waals surface area contributed by atoms with E-state index in [1.54, 1.807) is 6.07 Å². The fourth-order valence-electron chi connectivity index (χ4n) is 2.27. The van der Waals surface area contributed by atoms with Crippen LogP contribution < -0.4 is 11.1 Å². The summed E-state index contributed by atoms with van der Waals surface area (Å²) < 4.78 is 0. The normalized spacial score (nSPS) is 21.1. The Morgan fingerprint density at radius 1 is 1.37 bits per heavy atom. The molecule has 2 atom stereocenters. The first kappa shape index (κ1) is 12.2. The molecule has 1 aromatic carbocycles. The molecule has 1 amide bonds. The molecule has 1 aliphatic carbocycles. The smallest absolute Gasteiger partial charge is 0.261 e. The van der Waals surface area contributed by atoms with Crippen LogP contribution in [0.4, 0.5) is 5.69 Å². The van der Waals surface area contributed by atoms with E-state index < -0.39 is 0 Å². The van der Waals surface area contributed by atoms with Crippen LogP contribution in [0.1, 0.15) is 32.5 Å². The quantitative estimate of drug-likeness (QED) is 0.902. The topological polar surface area (TPSA) is 55.1 Å². The van der Waals surface area contributed by atoms with Gasteiger partial charge < -0.3 is 11.1 Å². The Hall–Kier alpha value is -1.81. The third kappa shape index (κ3) is 2.49. The number of rotatable bonds is 3. The van der Waals surface area contributed by atoms with Crippen molar-refractivity contribution in [2.45, 2.75) is 25.3 Å². The summed E-state index contributed by atoms with van der Waals surface area (Å²) in [5, 5.41) is 3.08. The minimum absolute atomic E-state index is 0.00627. The van der Waals surface area contributed by atoms with Gasteiger partial charge in [0.2, 0.25) is 0 Å². The van der Waals surface area contributed by atoms with Gasteiger partial charge in [0.1, 0.15) is 0 Å². The second-order valence-corrected chi connectivity index (χ2v) is 6.21. The summed E-state index contributed by atoms with van der Waals surface area (Å²) in [4.78, 5) is 13.8. The van der Waals surface area contributed by atoms with Gasteiger partial charge in [0.05, 0.1) is 4.88 Å². The van der Waals surface area contributed by atoms with Crippen LogP contribution >= 0.6 is 11.3 Å². The highest BCUT2D eigenvalue weighted by atomic mass is 32.1. The van der Waals surface area contributed by atoms with Gasteiger partial charge in [0.15, 0.2) is 0 Å². The number of nitrogen functional groups attached to an aromatic ring is 1. The monoisotopic (exact) mass is 272 g/mol. The Kier molecular flexibility index (Phi) is 3.03. The first-order valence-corrected chi connectivity index (χ1v) is 7.18. The molecule has 98 valence electrons. The van der Waals surface area contributed by atoms with Gasteiger partial charge >= 0.3 is 0 Å². The van der Waals surface area contributed by atoms with Gasteiger partial charge in [-0.3, -0.25) is 4.79 Å². The summed E-state index contributed by atoms with van der Waals surface area (Å²) in [6.45, 7) is 1.93. The molecule has 1 aliphatic rings. The first-order valence-electron chi connectivity index (χ1n) is 6.37. The number of carbonyl (C=O) groups is 1. The van der Waals surface area contributed by atoms with E-state index in [4.69, 9.17) is 5.73 Å². The van der Waals surface area contributed by atoms with Crippen LogP contribution in [0, 0.1) is 6.92 Å². The lowest BCUT2D eigenvalue weighted by Gasteiger charge is -2.03. The number of anilines is 1. The van der Waals surface area contributed by atoms with Gasteiger partial charge in [-0.1, -0.05) is 30.3 Å². The second kappa shape index (κ2) is 4.70. The molecule has 3 nitrogen and oxygen atoms in total. The Bertz CT molecular complexity index is 586. The van der Waals surface area contributed by atoms with Gasteiger partial charge in [-0.05, 0) is 25.0 Å². The van der Waals surface area contributed by atoms with Crippen LogP contribution in [0.5, 0.6) is 0 Å². The van der Waals surface area contributed by atoms with Gasteiger partial charge in [-0.2, -0.15) is 0 Å². The Balaban J connectivity index is 1.63. The number of hydrogen-bond donors (Lipinski definition) is 2. The third-order valence-electron chi connectivity index (χ3n) is 3.51. The molecule has 0 bridgehead atoms. The van der Waals surface area contributed by atoms with Gasteiger partial charge in [0, 0.05) is 22.5 Å². The molecule has 0 radical (unpaired) electrons. The number of carbonyl (C=O) groups excluding carboxylic acids is 1. The number of amides is 1. The standard InChI is InChI=1S/C15H16N2OS/c1-9-12(16)8-14(19-9)15(18)17-13-7-11(13)10-5-3-2-4-6-10/h2-6,8,11,13H,7,16H2,1H3,(H,17,18).